The number of unbranched alkanes of at least 4 members (excludes halogenated alkanes) is 1. The van der Waals surface area contributed by atoms with Crippen molar-refractivity contribution in [3.8, 4) is 0 Å². The van der Waals surface area contributed by atoms with Gasteiger partial charge in [0.25, 0.3) is 0 Å². The third-order valence-corrected chi connectivity index (χ3v) is 5.74. The summed E-state index contributed by atoms with van der Waals surface area (Å²) in [7, 11) is 0. The van der Waals surface area contributed by atoms with Gasteiger partial charge in [0.15, 0.2) is 0 Å². The zero-order valence-corrected chi connectivity index (χ0v) is 21.3. The molecule has 1 aromatic rings. The number of benzene rings is 1. The summed E-state index contributed by atoms with van der Waals surface area (Å²) < 4.78 is 0. The van der Waals surface area contributed by atoms with Gasteiger partial charge in [-0.3, -0.25) is 14.4 Å². The first kappa shape index (κ1) is 30.4. The van der Waals surface area contributed by atoms with E-state index in [0.29, 0.717) is 25.8 Å². The van der Waals surface area contributed by atoms with Crippen molar-refractivity contribution in [1.29, 1.82) is 0 Å². The lowest BCUT2D eigenvalue weighted by Gasteiger charge is -2.25. The molecule has 3 amide bonds. The number of carbonyl (C=O) groups is 4. The van der Waals surface area contributed by atoms with E-state index in [9.17, 15) is 24.3 Å². The van der Waals surface area contributed by atoms with E-state index < -0.39 is 47.9 Å². The number of amides is 3. The molecule has 4 unspecified atom stereocenters. The number of carboxylic acid groups (broad SMARTS) is 1. The van der Waals surface area contributed by atoms with Gasteiger partial charge in [-0.15, -0.1) is 0 Å². The maximum atomic E-state index is 13.2. The van der Waals surface area contributed by atoms with Crippen molar-refractivity contribution in [1.82, 2.24) is 16.0 Å². The minimum absolute atomic E-state index is 0.0387. The molecule has 0 saturated heterocycles. The summed E-state index contributed by atoms with van der Waals surface area (Å²) in [6, 6.07) is 5.09. The van der Waals surface area contributed by atoms with Crippen LogP contribution in [0.25, 0.3) is 0 Å². The molecule has 1 aromatic carbocycles. The Morgan fingerprint density at radius 3 is 2.03 bits per heavy atom. The summed E-state index contributed by atoms with van der Waals surface area (Å²) in [5, 5.41) is 17.4. The van der Waals surface area contributed by atoms with E-state index in [1.807, 2.05) is 19.9 Å². The zero-order chi connectivity index (χ0) is 26.4. The Labute approximate surface area is 212 Å². The van der Waals surface area contributed by atoms with E-state index >= 15 is 0 Å². The van der Waals surface area contributed by atoms with Crippen LogP contribution in [0.2, 0.25) is 0 Å². The molecule has 35 heavy (non-hydrogen) atoms. The monoisotopic (exact) mass is 509 g/mol. The first-order chi connectivity index (χ1) is 16.6. The number of aliphatic carboxylic acids is 1. The van der Waals surface area contributed by atoms with Gasteiger partial charge in [0.1, 0.15) is 18.1 Å². The van der Waals surface area contributed by atoms with Gasteiger partial charge in [-0.05, 0) is 43.7 Å². The van der Waals surface area contributed by atoms with Gasteiger partial charge in [-0.1, -0.05) is 44.2 Å². The SMILES string of the molecule is CC(C)CC(NC(=O)C(Cc1ccccc1)NC(=O)C(CCCCN)NC(=O)C(N)CS)C(=O)O. The fraction of sp³-hybridized carbons (Fsp3) is 0.583. The number of thiol groups is 1. The Kier molecular flexibility index (Phi) is 14.0. The normalized spacial score (nSPS) is 14.5. The van der Waals surface area contributed by atoms with Crippen molar-refractivity contribution < 1.29 is 24.3 Å². The summed E-state index contributed by atoms with van der Waals surface area (Å²) >= 11 is 4.02. The Morgan fingerprint density at radius 2 is 1.49 bits per heavy atom. The molecule has 8 N–H and O–H groups in total. The molecule has 11 heteroatoms. The highest BCUT2D eigenvalue weighted by Crippen LogP contribution is 2.09. The van der Waals surface area contributed by atoms with Crippen LogP contribution in [0, 0.1) is 5.92 Å². The Hall–Kier alpha value is -2.63. The van der Waals surface area contributed by atoms with Crippen LogP contribution in [0.15, 0.2) is 30.3 Å². The van der Waals surface area contributed by atoms with Crippen molar-refractivity contribution in [3.63, 3.8) is 0 Å². The van der Waals surface area contributed by atoms with Crippen molar-refractivity contribution in [2.24, 2.45) is 17.4 Å². The second-order valence-electron chi connectivity index (χ2n) is 8.91. The molecule has 0 aromatic heterocycles. The smallest absolute Gasteiger partial charge is 0.326 e. The minimum Gasteiger partial charge on any atom is -0.480 e. The third-order valence-electron chi connectivity index (χ3n) is 5.35. The zero-order valence-electron chi connectivity index (χ0n) is 20.4. The predicted molar refractivity (Wildman–Crippen MR) is 138 cm³/mol. The van der Waals surface area contributed by atoms with Crippen molar-refractivity contribution in [2.75, 3.05) is 12.3 Å². The molecule has 196 valence electrons. The van der Waals surface area contributed by atoms with E-state index in [-0.39, 0.29) is 24.5 Å². The molecule has 1 rings (SSSR count). The highest BCUT2D eigenvalue weighted by atomic mass is 32.1. The molecular formula is C24H39N5O5S. The molecule has 4 atom stereocenters. The number of hydrogen-bond donors (Lipinski definition) is 7. The van der Waals surface area contributed by atoms with E-state index in [1.165, 1.54) is 0 Å². The molecule has 0 fully saturated rings. The fourth-order valence-corrected chi connectivity index (χ4v) is 3.59. The standard InChI is InChI=1S/C24H39N5O5S/c1-15(2)12-20(24(33)34)29-23(32)19(13-16-8-4-3-5-9-16)28-22(31)18(10-6-7-11-25)27-21(30)17(26)14-35/h3-5,8-9,15,17-20,35H,6-7,10-14,25-26H2,1-2H3,(H,27,30)(H,28,31)(H,29,32)(H,33,34). The van der Waals surface area contributed by atoms with Crippen LogP contribution in [0.5, 0.6) is 0 Å². The molecule has 0 heterocycles. The molecule has 0 aliphatic rings. The second kappa shape index (κ2) is 16.1. The van der Waals surface area contributed by atoms with Crippen LogP contribution >= 0.6 is 12.6 Å². The largest absolute Gasteiger partial charge is 0.480 e. The number of rotatable bonds is 16. The molecule has 0 radical (unpaired) electrons. The number of nitrogens with one attached hydrogen (secondary N) is 3. The molecule has 0 saturated carbocycles. The summed E-state index contributed by atoms with van der Waals surface area (Å²) in [6.07, 6.45) is 1.93. The fourth-order valence-electron chi connectivity index (χ4n) is 3.42. The van der Waals surface area contributed by atoms with Crippen molar-refractivity contribution in [2.45, 2.75) is 70.1 Å². The van der Waals surface area contributed by atoms with Crippen LogP contribution in [-0.2, 0) is 25.6 Å². The van der Waals surface area contributed by atoms with E-state index in [4.69, 9.17) is 11.5 Å². The third kappa shape index (κ3) is 11.6. The molecule has 0 bridgehead atoms. The number of carboxylic acids is 1. The van der Waals surface area contributed by atoms with Crippen LogP contribution in [-0.4, -0.2) is 65.3 Å². The predicted octanol–water partition coefficient (Wildman–Crippen LogP) is 0.200. The molecule has 0 aliphatic heterocycles. The molecule has 0 spiro atoms. The van der Waals surface area contributed by atoms with Crippen molar-refractivity contribution in [3.05, 3.63) is 35.9 Å². The lowest BCUT2D eigenvalue weighted by atomic mass is 10.0. The highest BCUT2D eigenvalue weighted by molar-refractivity contribution is 7.80. The maximum Gasteiger partial charge on any atom is 0.326 e. The molecule has 10 nitrogen and oxygen atoms in total. The minimum atomic E-state index is -1.15. The van der Waals surface area contributed by atoms with Gasteiger partial charge < -0.3 is 32.5 Å². The second-order valence-corrected chi connectivity index (χ2v) is 9.28. The highest BCUT2D eigenvalue weighted by Gasteiger charge is 2.30. The van der Waals surface area contributed by atoms with Gasteiger partial charge in [0.2, 0.25) is 17.7 Å². The summed E-state index contributed by atoms with van der Waals surface area (Å²) in [6.45, 7) is 4.15. The summed E-state index contributed by atoms with van der Waals surface area (Å²) in [4.78, 5) is 50.3. The quantitative estimate of drug-likeness (QED) is 0.123. The number of carbonyl (C=O) groups excluding carboxylic acids is 3. The van der Waals surface area contributed by atoms with Crippen LogP contribution < -0.4 is 27.4 Å². The van der Waals surface area contributed by atoms with E-state index in [0.717, 1.165) is 5.56 Å². The van der Waals surface area contributed by atoms with Gasteiger partial charge >= 0.3 is 5.97 Å². The maximum absolute atomic E-state index is 13.2. The summed E-state index contributed by atoms with van der Waals surface area (Å²) in [5.74, 6) is -2.71. The van der Waals surface area contributed by atoms with E-state index in [1.54, 1.807) is 24.3 Å². The average Bonchev–Trinajstić information content (AvgIpc) is 2.82. The molecule has 0 aliphatic carbocycles. The van der Waals surface area contributed by atoms with Gasteiger partial charge in [-0.25, -0.2) is 4.79 Å². The average molecular weight is 510 g/mol. The Balaban J connectivity index is 3.09. The lowest BCUT2D eigenvalue weighted by molar-refractivity contribution is -0.142. The first-order valence-corrected chi connectivity index (χ1v) is 12.5. The van der Waals surface area contributed by atoms with Crippen LogP contribution in [0.4, 0.5) is 0 Å². The number of hydrogen-bond acceptors (Lipinski definition) is 7. The lowest BCUT2D eigenvalue weighted by Crippen LogP contribution is -2.57. The van der Waals surface area contributed by atoms with Crippen LogP contribution in [0.3, 0.4) is 0 Å². The van der Waals surface area contributed by atoms with Crippen LogP contribution in [0.1, 0.15) is 45.1 Å². The number of nitrogens with two attached hydrogens (primary N) is 2. The van der Waals surface area contributed by atoms with Gasteiger partial charge in [0.05, 0.1) is 6.04 Å². The van der Waals surface area contributed by atoms with E-state index in [2.05, 4.69) is 28.6 Å². The first-order valence-electron chi connectivity index (χ1n) is 11.8. The Bertz CT molecular complexity index is 824. The molecular weight excluding hydrogens is 470 g/mol. The van der Waals surface area contributed by atoms with Gasteiger partial charge in [-0.2, -0.15) is 12.6 Å². The van der Waals surface area contributed by atoms with Crippen molar-refractivity contribution >= 4 is 36.3 Å². The Morgan fingerprint density at radius 1 is 0.914 bits per heavy atom. The van der Waals surface area contributed by atoms with Gasteiger partial charge in [0, 0.05) is 12.2 Å². The summed E-state index contributed by atoms with van der Waals surface area (Å²) in [5.41, 5.74) is 12.1. The topological polar surface area (TPSA) is 177 Å².